The second-order valence-electron chi connectivity index (χ2n) is 5.68. The zero-order valence-electron chi connectivity index (χ0n) is 14.9. The Balaban J connectivity index is 2.05. The lowest BCUT2D eigenvalue weighted by Gasteiger charge is -2.15. The Labute approximate surface area is 156 Å². The third-order valence-corrected chi connectivity index (χ3v) is 4.94. The Morgan fingerprint density at radius 3 is 2.54 bits per heavy atom. The molecule has 2 aromatic rings. The molecule has 7 heteroatoms. The smallest absolute Gasteiger partial charge is 0.278 e. The number of amides is 2. The van der Waals surface area contributed by atoms with E-state index in [4.69, 9.17) is 9.47 Å². The Hall–Kier alpha value is -2.80. The molecule has 0 bridgehead atoms. The molecule has 136 valence electrons. The van der Waals surface area contributed by atoms with Crippen molar-refractivity contribution < 1.29 is 19.1 Å². The molecule has 0 aliphatic carbocycles. The highest BCUT2D eigenvalue weighted by Crippen LogP contribution is 2.36. The zero-order chi connectivity index (χ0) is 18.7. The van der Waals surface area contributed by atoms with Gasteiger partial charge in [0, 0.05) is 17.5 Å². The molecule has 1 aromatic heterocycles. The first-order valence-electron chi connectivity index (χ1n) is 8.24. The molecule has 2 amide bonds. The molecule has 0 unspecified atom stereocenters. The number of benzene rings is 1. The summed E-state index contributed by atoms with van der Waals surface area (Å²) in [5.74, 6) is 0.574. The summed E-state index contributed by atoms with van der Waals surface area (Å²) in [7, 11) is 3.11. The normalized spacial score (nSPS) is 14.2. The molecular weight excluding hydrogens is 352 g/mol. The zero-order valence-corrected chi connectivity index (χ0v) is 15.7. The van der Waals surface area contributed by atoms with Crippen LogP contribution in [-0.2, 0) is 9.59 Å². The van der Waals surface area contributed by atoms with E-state index < -0.39 is 0 Å². The number of carbonyl (C=O) groups is 2. The van der Waals surface area contributed by atoms with Gasteiger partial charge in [0.2, 0.25) is 0 Å². The molecular formula is C19H20N2O4S. The number of anilines is 1. The van der Waals surface area contributed by atoms with Gasteiger partial charge in [0.05, 0.1) is 25.5 Å². The number of hydrogen-bond donors (Lipinski definition) is 1. The van der Waals surface area contributed by atoms with Gasteiger partial charge in [0.1, 0.15) is 17.2 Å². The summed E-state index contributed by atoms with van der Waals surface area (Å²) in [4.78, 5) is 27.7. The number of ether oxygens (including phenoxy) is 2. The molecule has 1 N–H and O–H groups in total. The van der Waals surface area contributed by atoms with Crippen LogP contribution in [-0.4, -0.2) is 37.5 Å². The van der Waals surface area contributed by atoms with Gasteiger partial charge in [0.25, 0.3) is 11.8 Å². The maximum Gasteiger partial charge on any atom is 0.278 e. The van der Waals surface area contributed by atoms with Crippen molar-refractivity contribution >= 4 is 34.4 Å². The number of nitrogens with one attached hydrogen (secondary N) is 1. The first kappa shape index (κ1) is 18.0. The number of rotatable bonds is 7. The van der Waals surface area contributed by atoms with E-state index in [0.717, 1.165) is 4.88 Å². The van der Waals surface area contributed by atoms with Crippen LogP contribution in [0.25, 0.3) is 5.57 Å². The molecule has 0 radical (unpaired) electrons. The molecule has 1 aliphatic rings. The average Bonchev–Trinajstić information content (AvgIpc) is 3.25. The van der Waals surface area contributed by atoms with Crippen LogP contribution in [0.2, 0.25) is 0 Å². The van der Waals surface area contributed by atoms with Crippen molar-refractivity contribution in [3.63, 3.8) is 0 Å². The van der Waals surface area contributed by atoms with Crippen LogP contribution >= 0.6 is 11.3 Å². The Morgan fingerprint density at radius 2 is 1.92 bits per heavy atom. The van der Waals surface area contributed by atoms with E-state index in [-0.39, 0.29) is 17.5 Å². The molecule has 0 atom stereocenters. The molecule has 26 heavy (non-hydrogen) atoms. The quantitative estimate of drug-likeness (QED) is 0.755. The monoisotopic (exact) mass is 372 g/mol. The number of nitrogens with zero attached hydrogens (tertiary/aromatic N) is 1. The first-order valence-corrected chi connectivity index (χ1v) is 9.12. The summed E-state index contributed by atoms with van der Waals surface area (Å²) in [6.07, 6.45) is 0.703. The van der Waals surface area contributed by atoms with Crippen LogP contribution in [0.3, 0.4) is 0 Å². The summed E-state index contributed by atoms with van der Waals surface area (Å²) >= 11 is 1.43. The summed E-state index contributed by atoms with van der Waals surface area (Å²) in [6, 6.07) is 8.95. The van der Waals surface area contributed by atoms with Crippen molar-refractivity contribution in [2.24, 2.45) is 0 Å². The first-order chi connectivity index (χ1) is 12.6. The molecule has 0 fully saturated rings. The van der Waals surface area contributed by atoms with Crippen LogP contribution in [0.4, 0.5) is 5.69 Å². The fourth-order valence-electron chi connectivity index (χ4n) is 2.80. The molecule has 0 spiro atoms. The summed E-state index contributed by atoms with van der Waals surface area (Å²) in [5.41, 5.74) is 1.27. The van der Waals surface area contributed by atoms with Gasteiger partial charge in [-0.1, -0.05) is 13.0 Å². The number of hydrogen-bond acceptors (Lipinski definition) is 6. The summed E-state index contributed by atoms with van der Waals surface area (Å²) in [5, 5.41) is 5.00. The van der Waals surface area contributed by atoms with Crippen molar-refractivity contribution in [2.45, 2.75) is 13.3 Å². The van der Waals surface area contributed by atoms with E-state index in [2.05, 4.69) is 5.32 Å². The highest BCUT2D eigenvalue weighted by molar-refractivity contribution is 7.11. The van der Waals surface area contributed by atoms with Crippen molar-refractivity contribution in [1.29, 1.82) is 0 Å². The minimum atomic E-state index is -0.321. The number of methoxy groups -OCH3 is 2. The van der Waals surface area contributed by atoms with Crippen LogP contribution < -0.4 is 14.8 Å². The van der Waals surface area contributed by atoms with Gasteiger partial charge in [-0.15, -0.1) is 11.3 Å². The topological polar surface area (TPSA) is 67.9 Å². The predicted molar refractivity (Wildman–Crippen MR) is 101 cm³/mol. The SMILES string of the molecule is CCCN1C(=O)C(Nc2ccc(OC)cc2OC)=C(c2cccs2)C1=O. The van der Waals surface area contributed by atoms with Gasteiger partial charge in [-0.05, 0) is 30.0 Å². The van der Waals surface area contributed by atoms with E-state index in [1.807, 2.05) is 24.4 Å². The van der Waals surface area contributed by atoms with Gasteiger partial charge in [-0.3, -0.25) is 14.5 Å². The molecule has 1 aliphatic heterocycles. The van der Waals surface area contributed by atoms with Crippen molar-refractivity contribution in [3.05, 3.63) is 46.3 Å². The fourth-order valence-corrected chi connectivity index (χ4v) is 3.57. The number of imide groups is 1. The third kappa shape index (κ3) is 3.17. The highest BCUT2D eigenvalue weighted by Gasteiger charge is 2.39. The van der Waals surface area contributed by atoms with Gasteiger partial charge in [-0.2, -0.15) is 0 Å². The Bertz CT molecular complexity index is 858. The van der Waals surface area contributed by atoms with Crippen molar-refractivity contribution in [1.82, 2.24) is 4.90 Å². The van der Waals surface area contributed by atoms with E-state index in [1.165, 1.54) is 16.2 Å². The van der Waals surface area contributed by atoms with Crippen molar-refractivity contribution in [3.8, 4) is 11.5 Å². The van der Waals surface area contributed by atoms with Gasteiger partial charge >= 0.3 is 0 Å². The maximum atomic E-state index is 12.9. The molecule has 0 saturated carbocycles. The lowest BCUT2D eigenvalue weighted by molar-refractivity contribution is -0.136. The summed E-state index contributed by atoms with van der Waals surface area (Å²) < 4.78 is 10.6. The van der Waals surface area contributed by atoms with Crippen molar-refractivity contribution in [2.75, 3.05) is 26.1 Å². The molecule has 1 aromatic carbocycles. The maximum absolute atomic E-state index is 12.9. The lowest BCUT2D eigenvalue weighted by atomic mass is 10.1. The van der Waals surface area contributed by atoms with Gasteiger partial charge < -0.3 is 14.8 Å². The second-order valence-corrected chi connectivity index (χ2v) is 6.63. The number of carbonyl (C=O) groups excluding carboxylic acids is 2. The minimum Gasteiger partial charge on any atom is -0.497 e. The molecule has 3 rings (SSSR count). The van der Waals surface area contributed by atoms with Crippen LogP contribution in [0.1, 0.15) is 18.2 Å². The second kappa shape index (κ2) is 7.61. The van der Waals surface area contributed by atoms with E-state index >= 15 is 0 Å². The van der Waals surface area contributed by atoms with E-state index in [1.54, 1.807) is 32.4 Å². The molecule has 2 heterocycles. The third-order valence-electron chi connectivity index (χ3n) is 4.05. The minimum absolute atomic E-state index is 0.269. The van der Waals surface area contributed by atoms with Crippen LogP contribution in [0, 0.1) is 0 Å². The number of thiophene rings is 1. The fraction of sp³-hybridized carbons (Fsp3) is 0.263. The largest absolute Gasteiger partial charge is 0.497 e. The van der Waals surface area contributed by atoms with Gasteiger partial charge in [-0.25, -0.2) is 0 Å². The van der Waals surface area contributed by atoms with Crippen LogP contribution in [0.15, 0.2) is 41.4 Å². The van der Waals surface area contributed by atoms with E-state index in [9.17, 15) is 9.59 Å². The molecule has 6 nitrogen and oxygen atoms in total. The van der Waals surface area contributed by atoms with Gasteiger partial charge in [0.15, 0.2) is 0 Å². The van der Waals surface area contributed by atoms with Crippen LogP contribution in [0.5, 0.6) is 11.5 Å². The summed E-state index contributed by atoms with van der Waals surface area (Å²) in [6.45, 7) is 2.32. The average molecular weight is 372 g/mol. The standard InChI is InChI=1S/C19H20N2O4S/c1-4-9-21-18(22)16(15-6-5-10-26-15)17(19(21)23)20-13-8-7-12(24-2)11-14(13)25-3/h5-8,10-11,20H,4,9H2,1-3H3. The Morgan fingerprint density at radius 1 is 1.12 bits per heavy atom. The lowest BCUT2D eigenvalue weighted by Crippen LogP contribution is -2.33. The predicted octanol–water partition coefficient (Wildman–Crippen LogP) is 3.37. The molecule has 0 saturated heterocycles. The van der Waals surface area contributed by atoms with E-state index in [0.29, 0.717) is 35.7 Å². The highest BCUT2D eigenvalue weighted by atomic mass is 32.1. The Kier molecular flexibility index (Phi) is 5.27.